The predicted octanol–water partition coefficient (Wildman–Crippen LogP) is 1.33. The van der Waals surface area contributed by atoms with Crippen molar-refractivity contribution in [3.63, 3.8) is 0 Å². The van der Waals surface area contributed by atoms with Crippen LogP contribution in [0.3, 0.4) is 0 Å². The minimum Gasteiger partial charge on any atom is -0.383 e. The first-order valence-electron chi connectivity index (χ1n) is 4.89. The second-order valence-corrected chi connectivity index (χ2v) is 3.92. The summed E-state index contributed by atoms with van der Waals surface area (Å²) in [4.78, 5) is 11.0. The quantitative estimate of drug-likeness (QED) is 0.681. The molecule has 0 aliphatic heterocycles. The molecule has 0 aliphatic rings. The maximum absolute atomic E-state index is 11.7. The van der Waals surface area contributed by atoms with Crippen LogP contribution < -0.4 is 5.32 Å². The van der Waals surface area contributed by atoms with Crippen LogP contribution in [-0.4, -0.2) is 50.9 Å². The third-order valence-corrected chi connectivity index (χ3v) is 1.97. The minimum absolute atomic E-state index is 0.239. The van der Waals surface area contributed by atoms with Crippen LogP contribution in [-0.2, 0) is 14.3 Å². The number of nitrogens with one attached hydrogen (secondary N) is 1. The number of alkyl halides is 4. The lowest BCUT2D eigenvalue weighted by atomic mass is 10.3. The molecule has 0 fully saturated rings. The molecule has 0 saturated carbocycles. The van der Waals surface area contributed by atoms with E-state index in [1.807, 2.05) is 0 Å². The van der Waals surface area contributed by atoms with Gasteiger partial charge in [-0.1, -0.05) is 0 Å². The molecule has 0 rings (SSSR count). The highest BCUT2D eigenvalue weighted by Crippen LogP contribution is 2.13. The van der Waals surface area contributed by atoms with Gasteiger partial charge in [0.2, 0.25) is 5.91 Å². The van der Waals surface area contributed by atoms with Crippen molar-refractivity contribution in [1.29, 1.82) is 0 Å². The largest absolute Gasteiger partial charge is 0.411 e. The van der Waals surface area contributed by atoms with E-state index in [-0.39, 0.29) is 11.9 Å². The van der Waals surface area contributed by atoms with E-state index in [1.165, 1.54) is 7.11 Å². The Morgan fingerprint density at radius 1 is 1.47 bits per heavy atom. The van der Waals surface area contributed by atoms with Gasteiger partial charge in [0.05, 0.1) is 12.0 Å². The summed E-state index contributed by atoms with van der Waals surface area (Å²) in [5.74, 6) is -0.601. The zero-order valence-corrected chi connectivity index (χ0v) is 10.1. The van der Waals surface area contributed by atoms with Crippen LogP contribution in [0.25, 0.3) is 0 Å². The van der Waals surface area contributed by atoms with E-state index in [0.29, 0.717) is 13.0 Å². The summed E-state index contributed by atoms with van der Waals surface area (Å²) in [7, 11) is 1.50. The van der Waals surface area contributed by atoms with Crippen LogP contribution in [0.2, 0.25) is 0 Å². The standard InChI is InChI=1S/C9H15ClF3NO3/c1-16-4-7(10)2-3-14-8(15)5-17-6-9(11,12)13/h7H,2-6H2,1H3,(H,14,15). The van der Waals surface area contributed by atoms with Gasteiger partial charge in [-0.15, -0.1) is 11.6 Å². The Morgan fingerprint density at radius 2 is 2.12 bits per heavy atom. The van der Waals surface area contributed by atoms with Gasteiger partial charge in [0.15, 0.2) is 0 Å². The maximum atomic E-state index is 11.7. The van der Waals surface area contributed by atoms with Crippen LogP contribution >= 0.6 is 11.6 Å². The van der Waals surface area contributed by atoms with Crippen molar-refractivity contribution >= 4 is 17.5 Å². The molecule has 0 saturated heterocycles. The second-order valence-electron chi connectivity index (χ2n) is 3.30. The molecule has 17 heavy (non-hydrogen) atoms. The van der Waals surface area contributed by atoms with Gasteiger partial charge in [0, 0.05) is 13.7 Å². The lowest BCUT2D eigenvalue weighted by Gasteiger charge is -2.10. The summed E-state index contributed by atoms with van der Waals surface area (Å²) in [6.07, 6.45) is -3.94. The SMILES string of the molecule is COCC(Cl)CCNC(=O)COCC(F)(F)F. The van der Waals surface area contributed by atoms with Gasteiger partial charge in [-0.3, -0.25) is 4.79 Å². The molecule has 0 radical (unpaired) electrons. The number of carbonyl (C=O) groups is 1. The molecule has 0 aromatic carbocycles. The molecule has 1 unspecified atom stereocenters. The highest BCUT2D eigenvalue weighted by molar-refractivity contribution is 6.20. The molecule has 8 heteroatoms. The van der Waals surface area contributed by atoms with Crippen molar-refractivity contribution in [3.05, 3.63) is 0 Å². The van der Waals surface area contributed by atoms with Crippen LogP contribution in [0.1, 0.15) is 6.42 Å². The average molecular weight is 278 g/mol. The summed E-state index contributed by atoms with van der Waals surface area (Å²) < 4.78 is 43.9. The second kappa shape index (κ2) is 8.54. The molecular formula is C9H15ClF3NO3. The number of hydrogen-bond donors (Lipinski definition) is 1. The van der Waals surface area contributed by atoms with E-state index in [2.05, 4.69) is 10.1 Å². The number of amides is 1. The molecule has 0 spiro atoms. The fourth-order valence-corrected chi connectivity index (χ4v) is 1.18. The number of ether oxygens (including phenoxy) is 2. The van der Waals surface area contributed by atoms with E-state index in [9.17, 15) is 18.0 Å². The van der Waals surface area contributed by atoms with E-state index < -0.39 is 25.3 Å². The lowest BCUT2D eigenvalue weighted by Crippen LogP contribution is -2.31. The molecule has 0 aliphatic carbocycles. The molecule has 1 amide bonds. The Hall–Kier alpha value is -0.530. The van der Waals surface area contributed by atoms with Gasteiger partial charge in [0.25, 0.3) is 0 Å². The summed E-state index contributed by atoms with van der Waals surface area (Å²) in [6, 6.07) is 0. The molecule has 1 N–H and O–H groups in total. The molecule has 4 nitrogen and oxygen atoms in total. The third kappa shape index (κ3) is 11.7. The van der Waals surface area contributed by atoms with Gasteiger partial charge in [-0.2, -0.15) is 13.2 Å². The Labute approximate surface area is 102 Å². The topological polar surface area (TPSA) is 47.6 Å². The summed E-state index contributed by atoms with van der Waals surface area (Å²) in [6.45, 7) is -1.42. The number of rotatable bonds is 8. The summed E-state index contributed by atoms with van der Waals surface area (Å²) in [5, 5.41) is 2.15. The monoisotopic (exact) mass is 277 g/mol. The third-order valence-electron chi connectivity index (χ3n) is 1.63. The fraction of sp³-hybridized carbons (Fsp3) is 0.889. The Balaban J connectivity index is 3.47. The number of methoxy groups -OCH3 is 1. The van der Waals surface area contributed by atoms with E-state index in [0.717, 1.165) is 0 Å². The smallest absolute Gasteiger partial charge is 0.383 e. The Kier molecular flexibility index (Phi) is 8.28. The highest BCUT2D eigenvalue weighted by Gasteiger charge is 2.27. The lowest BCUT2D eigenvalue weighted by molar-refractivity contribution is -0.175. The predicted molar refractivity (Wildman–Crippen MR) is 56.0 cm³/mol. The average Bonchev–Trinajstić information content (AvgIpc) is 2.16. The van der Waals surface area contributed by atoms with Gasteiger partial charge in [0.1, 0.15) is 13.2 Å². The van der Waals surface area contributed by atoms with Crippen molar-refractivity contribution in [1.82, 2.24) is 5.32 Å². The van der Waals surface area contributed by atoms with Crippen molar-refractivity contribution in [2.75, 3.05) is 33.5 Å². The molecule has 1 atom stereocenters. The minimum atomic E-state index is -4.42. The van der Waals surface area contributed by atoms with Gasteiger partial charge >= 0.3 is 6.18 Å². The van der Waals surface area contributed by atoms with Crippen molar-refractivity contribution in [2.24, 2.45) is 0 Å². The first kappa shape index (κ1) is 16.5. The fourth-order valence-electron chi connectivity index (χ4n) is 0.943. The van der Waals surface area contributed by atoms with Gasteiger partial charge < -0.3 is 14.8 Å². The molecule has 0 aromatic rings. The van der Waals surface area contributed by atoms with Crippen molar-refractivity contribution in [2.45, 2.75) is 18.0 Å². The Bertz CT molecular complexity index is 226. The van der Waals surface area contributed by atoms with E-state index >= 15 is 0 Å². The van der Waals surface area contributed by atoms with Crippen molar-refractivity contribution in [3.8, 4) is 0 Å². The summed E-state index contributed by atoms with van der Waals surface area (Å²) >= 11 is 5.77. The number of halogens is 4. The van der Waals surface area contributed by atoms with Crippen LogP contribution in [0.4, 0.5) is 13.2 Å². The van der Waals surface area contributed by atoms with E-state index in [1.54, 1.807) is 0 Å². The van der Waals surface area contributed by atoms with Crippen LogP contribution in [0.15, 0.2) is 0 Å². The number of hydrogen-bond acceptors (Lipinski definition) is 3. The zero-order chi connectivity index (χ0) is 13.3. The first-order valence-corrected chi connectivity index (χ1v) is 5.33. The van der Waals surface area contributed by atoms with Gasteiger partial charge in [-0.05, 0) is 6.42 Å². The van der Waals surface area contributed by atoms with Gasteiger partial charge in [-0.25, -0.2) is 0 Å². The van der Waals surface area contributed by atoms with E-state index in [4.69, 9.17) is 16.3 Å². The molecular weight excluding hydrogens is 263 g/mol. The van der Waals surface area contributed by atoms with Crippen LogP contribution in [0.5, 0.6) is 0 Å². The van der Waals surface area contributed by atoms with Crippen molar-refractivity contribution < 1.29 is 27.4 Å². The normalized spacial score (nSPS) is 13.5. The van der Waals surface area contributed by atoms with Crippen LogP contribution in [0, 0.1) is 0 Å². The first-order chi connectivity index (χ1) is 7.85. The maximum Gasteiger partial charge on any atom is 0.411 e. The zero-order valence-electron chi connectivity index (χ0n) is 9.35. The molecule has 102 valence electrons. The number of carbonyl (C=O) groups excluding carboxylic acids is 1. The Morgan fingerprint density at radius 3 is 2.65 bits per heavy atom. The highest BCUT2D eigenvalue weighted by atomic mass is 35.5. The molecule has 0 aromatic heterocycles. The molecule has 0 bridgehead atoms. The summed E-state index contributed by atoms with van der Waals surface area (Å²) in [5.41, 5.74) is 0. The molecule has 0 heterocycles.